The Morgan fingerprint density at radius 1 is 0.333 bits per heavy atom. The van der Waals surface area contributed by atoms with Crippen LogP contribution in [-0.2, 0) is 24.2 Å². The van der Waals surface area contributed by atoms with Crippen LogP contribution < -0.4 is 20.7 Å². The van der Waals surface area contributed by atoms with Crippen LogP contribution >= 0.6 is 0 Å². The fraction of sp³-hybridized carbons (Fsp3) is 0.0702. The number of hydrogen-bond donors (Lipinski definition) is 0. The van der Waals surface area contributed by atoms with E-state index in [9.17, 15) is 0 Å². The molecule has 0 atom stereocenters. The Hall–Kier alpha value is -6.66. The summed E-state index contributed by atoms with van der Waals surface area (Å²) < 4.78 is 0. The molecule has 3 heteroatoms. The first-order valence-electron chi connectivity index (χ1n) is 21.5. The van der Waals surface area contributed by atoms with E-state index in [1.807, 2.05) is 0 Å². The molecule has 0 amide bonds. The lowest BCUT2D eigenvalue weighted by atomic mass is 9.84. The minimum Gasteiger partial charge on any atom is -0.256 e. The number of fused-ring (bicyclic) bond motifs is 16. The molecule has 0 bridgehead atoms. The van der Waals surface area contributed by atoms with Gasteiger partial charge in [0.05, 0.1) is 5.52 Å². The molecule has 5 heterocycles. The van der Waals surface area contributed by atoms with Crippen LogP contribution in [0.25, 0.3) is 77.0 Å². The van der Waals surface area contributed by atoms with E-state index >= 15 is 0 Å². The lowest BCUT2D eigenvalue weighted by Crippen LogP contribution is -2.57. The molecule has 14 rings (SSSR count). The van der Waals surface area contributed by atoms with Crippen LogP contribution in [0.15, 0.2) is 188 Å². The van der Waals surface area contributed by atoms with Crippen molar-refractivity contribution in [2.45, 2.75) is 24.2 Å². The van der Waals surface area contributed by atoms with Crippen molar-refractivity contribution in [1.29, 1.82) is 0 Å². The van der Waals surface area contributed by atoms with Crippen molar-refractivity contribution >= 4 is 69.3 Å². The van der Waals surface area contributed by atoms with Gasteiger partial charge in [0.1, 0.15) is 16.1 Å². The number of nitrogens with zero attached hydrogens (tertiary/aromatic N) is 1. The molecule has 0 fully saturated rings. The van der Waals surface area contributed by atoms with Gasteiger partial charge < -0.3 is 0 Å². The van der Waals surface area contributed by atoms with Gasteiger partial charge >= 0.3 is 0 Å². The normalized spacial score (nSPS) is 15.7. The summed E-state index contributed by atoms with van der Waals surface area (Å²) in [7, 11) is -4.02. The summed E-state index contributed by atoms with van der Waals surface area (Å²) in [4.78, 5) is 5.19. The maximum Gasteiger partial charge on any atom is 0.128 e. The number of rotatable bonds is 2. The molecule has 10 aromatic rings. The zero-order valence-corrected chi connectivity index (χ0v) is 35.2. The zero-order valence-electron chi connectivity index (χ0n) is 33.2. The summed E-state index contributed by atoms with van der Waals surface area (Å²) in [6.45, 7) is 0. The third-order valence-corrected chi connectivity index (χ3v) is 24.9. The first-order valence-corrected chi connectivity index (χ1v) is 26.4. The number of para-hydroxylation sites is 1. The molecule has 1 aromatic heterocycles. The molecule has 1 nitrogen and oxygen atoms in total. The van der Waals surface area contributed by atoms with E-state index in [0.29, 0.717) is 0 Å². The molecule has 4 aliphatic heterocycles. The van der Waals surface area contributed by atoms with E-state index in [1.165, 1.54) is 95.6 Å². The van der Waals surface area contributed by atoms with Crippen LogP contribution in [0.2, 0.25) is 0 Å². The van der Waals surface area contributed by atoms with Crippen molar-refractivity contribution in [3.63, 3.8) is 0 Å². The van der Waals surface area contributed by atoms with Crippen LogP contribution in [0.5, 0.6) is 0 Å². The second-order valence-electron chi connectivity index (χ2n) is 17.9. The van der Waals surface area contributed by atoms with E-state index in [-0.39, 0.29) is 0 Å². The molecule has 0 N–H and O–H groups in total. The molecule has 280 valence electrons. The highest BCUT2D eigenvalue weighted by molar-refractivity contribution is 7.06. The molecule has 4 aliphatic rings. The smallest absolute Gasteiger partial charge is 0.128 e. The molecule has 0 aliphatic carbocycles. The van der Waals surface area contributed by atoms with Crippen LogP contribution in [0.3, 0.4) is 0 Å². The van der Waals surface area contributed by atoms with E-state index in [0.717, 1.165) is 5.52 Å². The van der Waals surface area contributed by atoms with Gasteiger partial charge in [-0.1, -0.05) is 164 Å². The van der Waals surface area contributed by atoms with Crippen molar-refractivity contribution in [3.8, 4) is 44.5 Å². The third kappa shape index (κ3) is 4.28. The second kappa shape index (κ2) is 12.0. The summed E-state index contributed by atoms with van der Waals surface area (Å²) >= 11 is 0. The van der Waals surface area contributed by atoms with Crippen molar-refractivity contribution in [3.05, 3.63) is 210 Å². The van der Waals surface area contributed by atoms with Crippen molar-refractivity contribution in [2.75, 3.05) is 0 Å². The lowest BCUT2D eigenvalue weighted by molar-refractivity contribution is 1.35. The fourth-order valence-electron chi connectivity index (χ4n) is 12.6. The topological polar surface area (TPSA) is 12.9 Å². The van der Waals surface area contributed by atoms with Gasteiger partial charge in [-0.15, -0.1) is 0 Å². The first-order chi connectivity index (χ1) is 29.7. The fourth-order valence-corrected chi connectivity index (χ4v) is 23.5. The second-order valence-corrected chi connectivity index (χ2v) is 25.8. The van der Waals surface area contributed by atoms with Gasteiger partial charge in [-0.05, 0) is 141 Å². The highest BCUT2D eigenvalue weighted by atomic mass is 28.3. The van der Waals surface area contributed by atoms with Gasteiger partial charge in [0.25, 0.3) is 0 Å². The number of aromatic nitrogens is 1. The average molecular weight is 794 g/mol. The number of hydrogen-bond acceptors (Lipinski definition) is 1. The molecule has 2 spiro atoms. The van der Waals surface area contributed by atoms with Crippen LogP contribution in [-0.4, -0.2) is 21.1 Å². The molecule has 60 heavy (non-hydrogen) atoms. The average Bonchev–Trinajstić information content (AvgIpc) is 4.04. The predicted octanol–water partition coefficient (Wildman–Crippen LogP) is 10.7. The minimum absolute atomic E-state index is 1.03. The molecule has 9 aromatic carbocycles. The molecule has 0 unspecified atom stereocenters. The highest BCUT2D eigenvalue weighted by Crippen LogP contribution is 2.48. The summed E-state index contributed by atoms with van der Waals surface area (Å²) in [6, 6.07) is 74.9. The lowest BCUT2D eigenvalue weighted by Gasteiger charge is -2.25. The third-order valence-electron chi connectivity index (χ3n) is 15.1. The van der Waals surface area contributed by atoms with Gasteiger partial charge in [0.2, 0.25) is 0 Å². The molecular formula is C57H39NSi2. The van der Waals surface area contributed by atoms with Crippen molar-refractivity contribution in [1.82, 2.24) is 4.98 Å². The molecule has 0 saturated carbocycles. The zero-order chi connectivity index (χ0) is 39.2. The maximum atomic E-state index is 5.19. The van der Waals surface area contributed by atoms with Gasteiger partial charge in [-0.3, -0.25) is 4.98 Å². The van der Waals surface area contributed by atoms with Crippen LogP contribution in [0, 0.1) is 0 Å². The van der Waals surface area contributed by atoms with Gasteiger partial charge in [0.15, 0.2) is 0 Å². The van der Waals surface area contributed by atoms with E-state index in [1.54, 1.807) is 43.0 Å². The summed E-state index contributed by atoms with van der Waals surface area (Å²) in [6.07, 6.45) is 2.17. The minimum atomic E-state index is -2.01. The first kappa shape index (κ1) is 33.2. The van der Waals surface area contributed by atoms with Gasteiger partial charge in [0, 0.05) is 22.4 Å². The molecule has 0 saturated heterocycles. The number of benzene rings is 9. The maximum absolute atomic E-state index is 5.19. The monoisotopic (exact) mass is 793 g/mol. The largest absolute Gasteiger partial charge is 0.256 e. The Morgan fingerprint density at radius 2 is 0.750 bits per heavy atom. The van der Waals surface area contributed by atoms with Crippen molar-refractivity contribution in [2.24, 2.45) is 0 Å². The summed E-state index contributed by atoms with van der Waals surface area (Å²) in [5.74, 6) is 0. The highest BCUT2D eigenvalue weighted by Gasteiger charge is 2.50. The Morgan fingerprint density at radius 3 is 1.30 bits per heavy atom. The molecular weight excluding hydrogens is 755 g/mol. The predicted molar refractivity (Wildman–Crippen MR) is 256 cm³/mol. The van der Waals surface area contributed by atoms with Crippen LogP contribution in [0.1, 0.15) is 22.3 Å². The summed E-state index contributed by atoms with van der Waals surface area (Å²) in [5, 5.41) is 12.7. The Balaban J connectivity index is 1.02. The van der Waals surface area contributed by atoms with E-state index in [4.69, 9.17) is 4.98 Å². The SMILES string of the molecule is c1ccc2c(c1)C[Si]1(C2)c2ccccc2-c2cc(-c3c4ccccc4c(-c4ccc5c(c4)-c4ccccc4[Si]54Cc5ccccc5C4)c4c3cnc3ccccc34)ccc21. The molecule has 0 radical (unpaired) electrons. The van der Waals surface area contributed by atoms with Gasteiger partial charge in [-0.25, -0.2) is 0 Å². The Labute approximate surface area is 351 Å². The summed E-state index contributed by atoms with van der Waals surface area (Å²) in [5.41, 5.74) is 18.1. The Bertz CT molecular complexity index is 3480. The van der Waals surface area contributed by atoms with E-state index in [2.05, 4.69) is 188 Å². The van der Waals surface area contributed by atoms with Crippen molar-refractivity contribution < 1.29 is 0 Å². The van der Waals surface area contributed by atoms with E-state index < -0.39 is 16.1 Å². The number of pyridine rings is 1. The standard InChI is InChI=1S/C57H39NSi2/c1-2-14-39-33-59(32-38(39)13-1)51-23-11-8-17-42(51)47-29-36(25-27-53(47)59)55-44-19-5-6-20-45(44)56(57-46-21-7-10-22-50(46)58-31-49(55)57)37-26-28-54-48(30-37)43-18-9-12-24-52(43)60(54)34-40-15-3-4-16-41(40)35-60/h1-31H,32-35H2. The van der Waals surface area contributed by atoms with Gasteiger partial charge in [-0.2, -0.15) is 0 Å². The quantitative estimate of drug-likeness (QED) is 0.0965. The Kier molecular flexibility index (Phi) is 6.63. The van der Waals surface area contributed by atoms with Crippen LogP contribution in [0.4, 0.5) is 0 Å².